The maximum atomic E-state index is 11.5. The monoisotopic (exact) mass is 690 g/mol. The molecule has 4 fully saturated rings. The molecule has 6 nitrogen and oxygen atoms in total. The SMILES string of the molecule is CC(C)(C)[O-].CCOC(=O)C1CCC(=CC2CC2)CC1.CCOC(=O)C1CCC(=O)CC1.P[PH2+]CC1CC1.[Br-].[K+]. The van der Waals surface area contributed by atoms with Crippen LogP contribution < -0.4 is 73.5 Å². The van der Waals surface area contributed by atoms with E-state index in [1.807, 2.05) is 6.92 Å². The number of ketones is 1. The van der Waals surface area contributed by atoms with Gasteiger partial charge in [0.2, 0.25) is 0 Å². The van der Waals surface area contributed by atoms with Gasteiger partial charge in [0.15, 0.2) is 0 Å². The molecule has 228 valence electrons. The Morgan fingerprint density at radius 2 is 1.27 bits per heavy atom. The maximum absolute atomic E-state index is 11.5. The summed E-state index contributed by atoms with van der Waals surface area (Å²) >= 11 is 0. The van der Waals surface area contributed by atoms with Crippen LogP contribution in [-0.2, 0) is 23.9 Å². The number of carbonyl (C=O) groups excluding carboxylic acids is 3. The van der Waals surface area contributed by atoms with Crippen LogP contribution in [-0.4, -0.2) is 42.7 Å². The Labute approximate surface area is 301 Å². The first-order valence-electron chi connectivity index (χ1n) is 14.7. The first-order valence-corrected chi connectivity index (χ1v) is 18.2. The summed E-state index contributed by atoms with van der Waals surface area (Å²) in [5.41, 5.74) is 0.832. The molecule has 0 aliphatic heterocycles. The smallest absolute Gasteiger partial charge is 1.00 e. The fourth-order valence-corrected chi connectivity index (χ4v) is 6.24. The third kappa shape index (κ3) is 24.7. The van der Waals surface area contributed by atoms with E-state index in [2.05, 4.69) is 15.0 Å². The van der Waals surface area contributed by atoms with Gasteiger partial charge in [-0.05, 0) is 89.9 Å². The third-order valence-electron chi connectivity index (χ3n) is 6.67. The average Bonchev–Trinajstić information content (AvgIpc) is 3.78. The number of rotatable bonds is 7. The van der Waals surface area contributed by atoms with Gasteiger partial charge in [0.25, 0.3) is 0 Å². The Hall–Kier alpha value is 1.29. The predicted octanol–water partition coefficient (Wildman–Crippen LogP) is 0.135. The van der Waals surface area contributed by atoms with Crippen LogP contribution in [0, 0.1) is 23.7 Å². The molecule has 2 unspecified atom stereocenters. The number of Topliss-reactive ketones (excluding diaryl/α,β-unsaturated/α-hetero) is 1. The summed E-state index contributed by atoms with van der Waals surface area (Å²) in [6.45, 7) is 9.52. The van der Waals surface area contributed by atoms with Crippen molar-refractivity contribution < 1.29 is 97.3 Å². The second-order valence-corrected chi connectivity index (χ2v) is 14.1. The number of hydrogen-bond acceptors (Lipinski definition) is 6. The second kappa shape index (κ2) is 24.6. The quantitative estimate of drug-likeness (QED) is 0.163. The molecule has 10 heteroatoms. The van der Waals surface area contributed by atoms with Gasteiger partial charge in [0, 0.05) is 30.0 Å². The largest absolute Gasteiger partial charge is 1.00 e. The number of allylic oxidation sites excluding steroid dienone is 2. The molecule has 0 saturated heterocycles. The number of halogens is 1. The van der Waals surface area contributed by atoms with Crippen molar-refractivity contribution in [3.8, 4) is 0 Å². The molecular weight excluding hydrogens is 637 g/mol. The van der Waals surface area contributed by atoms with Crippen molar-refractivity contribution in [1.82, 2.24) is 0 Å². The molecule has 4 rings (SSSR count). The van der Waals surface area contributed by atoms with Crippen LogP contribution in [0.15, 0.2) is 11.6 Å². The van der Waals surface area contributed by atoms with Gasteiger partial charge < -0.3 is 31.6 Å². The van der Waals surface area contributed by atoms with E-state index in [1.165, 1.54) is 31.8 Å². The zero-order valence-corrected chi connectivity index (χ0v) is 33.0. The first kappa shape index (κ1) is 43.4. The summed E-state index contributed by atoms with van der Waals surface area (Å²) in [5, 5.41) is 10.1. The van der Waals surface area contributed by atoms with E-state index < -0.39 is 5.60 Å². The Morgan fingerprint density at radius 3 is 1.57 bits per heavy atom. The van der Waals surface area contributed by atoms with Gasteiger partial charge in [-0.1, -0.05) is 32.4 Å². The molecular formula is C30H54BrKO6P2. The summed E-state index contributed by atoms with van der Waals surface area (Å²) in [6, 6.07) is 0. The standard InChI is InChI=1S/C13H20O2.C9H14O3.C4H9O.C4H10P2.BrH.K/c1-2-15-13(14)12-7-5-11(6-8-12)9-10-3-4-10;1-2-12-9(11)7-3-5-8(10)6-4-7;1-4(2,3)5;5-6-3-4-1-2-4;;/h9-10,12H,2-8H2,1H3;7H,2-6H2,1H3;1-3H3;4,6H,1-3,5H2;1H;/q;;-1;;;+1. The minimum Gasteiger partial charge on any atom is -1.00 e. The van der Waals surface area contributed by atoms with Crippen molar-refractivity contribution in [1.29, 1.82) is 0 Å². The van der Waals surface area contributed by atoms with E-state index in [9.17, 15) is 19.5 Å². The van der Waals surface area contributed by atoms with Gasteiger partial charge in [-0.25, -0.2) is 0 Å². The Morgan fingerprint density at radius 1 is 0.875 bits per heavy atom. The number of ether oxygens (including phenoxy) is 2. The first-order chi connectivity index (χ1) is 18.0. The van der Waals surface area contributed by atoms with Crippen LogP contribution in [0.1, 0.15) is 112 Å². The molecule has 0 bridgehead atoms. The summed E-state index contributed by atoms with van der Waals surface area (Å²) in [6.07, 6.45) is 16.5. The van der Waals surface area contributed by atoms with Crippen molar-refractivity contribution >= 4 is 34.9 Å². The van der Waals surface area contributed by atoms with Gasteiger partial charge in [0.1, 0.15) is 5.78 Å². The van der Waals surface area contributed by atoms with E-state index in [0.717, 1.165) is 45.8 Å². The van der Waals surface area contributed by atoms with Gasteiger partial charge in [0.05, 0.1) is 31.2 Å². The summed E-state index contributed by atoms with van der Waals surface area (Å²) in [7, 11) is 3.58. The molecule has 0 aromatic carbocycles. The summed E-state index contributed by atoms with van der Waals surface area (Å²) in [5.74, 6) is 2.34. The molecule has 4 saturated carbocycles. The minimum absolute atomic E-state index is 0. The molecule has 2 atom stereocenters. The van der Waals surface area contributed by atoms with E-state index in [1.54, 1.807) is 33.3 Å². The fraction of sp³-hybridized carbons (Fsp3) is 0.833. The Kier molecular flexibility index (Phi) is 26.7. The van der Waals surface area contributed by atoms with Crippen molar-refractivity contribution in [2.45, 2.75) is 117 Å². The van der Waals surface area contributed by atoms with Crippen LogP contribution >= 0.6 is 17.2 Å². The van der Waals surface area contributed by atoms with E-state index >= 15 is 0 Å². The minimum atomic E-state index is -0.750. The normalized spacial score (nSPS) is 20.6. The van der Waals surface area contributed by atoms with Crippen molar-refractivity contribution in [3.63, 3.8) is 0 Å². The molecule has 0 aromatic rings. The zero-order valence-electron chi connectivity index (χ0n) is 26.0. The van der Waals surface area contributed by atoms with Gasteiger partial charge in [-0.2, -0.15) is 0 Å². The van der Waals surface area contributed by atoms with E-state index in [0.29, 0.717) is 38.9 Å². The van der Waals surface area contributed by atoms with Crippen molar-refractivity contribution in [2.24, 2.45) is 23.7 Å². The Balaban J connectivity index is 0. The summed E-state index contributed by atoms with van der Waals surface area (Å²) in [4.78, 5) is 33.5. The zero-order chi connectivity index (χ0) is 28.6. The molecule has 0 amide bonds. The van der Waals surface area contributed by atoms with Crippen molar-refractivity contribution in [2.75, 3.05) is 19.4 Å². The van der Waals surface area contributed by atoms with Gasteiger partial charge in [-0.15, -0.1) is 5.60 Å². The molecule has 0 aromatic heterocycles. The molecule has 4 aliphatic carbocycles. The number of carbonyl (C=O) groups is 3. The van der Waals surface area contributed by atoms with Crippen molar-refractivity contribution in [3.05, 3.63) is 11.6 Å². The molecule has 0 spiro atoms. The van der Waals surface area contributed by atoms with Crippen LogP contribution in [0.25, 0.3) is 0 Å². The summed E-state index contributed by atoms with van der Waals surface area (Å²) < 4.78 is 9.92. The fourth-order valence-electron chi connectivity index (χ4n) is 4.23. The molecule has 0 radical (unpaired) electrons. The van der Waals surface area contributed by atoms with E-state index in [-0.39, 0.29) is 97.9 Å². The number of hydrogen-bond donors (Lipinski definition) is 0. The van der Waals surface area contributed by atoms with Gasteiger partial charge >= 0.3 is 63.3 Å². The molecule has 4 aliphatic rings. The third-order valence-corrected chi connectivity index (χ3v) is 8.43. The van der Waals surface area contributed by atoms with Crippen LogP contribution in [0.3, 0.4) is 0 Å². The maximum Gasteiger partial charge on any atom is 1.00 e. The molecule has 0 heterocycles. The topological polar surface area (TPSA) is 92.7 Å². The van der Waals surface area contributed by atoms with E-state index in [4.69, 9.17) is 9.47 Å². The average molecular weight is 692 g/mol. The number of esters is 2. The van der Waals surface area contributed by atoms with Crippen LogP contribution in [0.2, 0.25) is 0 Å². The molecule has 0 N–H and O–H groups in total. The van der Waals surface area contributed by atoms with Crippen LogP contribution in [0.5, 0.6) is 0 Å². The predicted molar refractivity (Wildman–Crippen MR) is 160 cm³/mol. The second-order valence-electron chi connectivity index (χ2n) is 11.8. The van der Waals surface area contributed by atoms with Gasteiger partial charge in [-0.3, -0.25) is 14.4 Å². The Bertz CT molecular complexity index is 725. The molecule has 40 heavy (non-hydrogen) atoms. The van der Waals surface area contributed by atoms with Crippen LogP contribution in [0.4, 0.5) is 0 Å².